The number of hydrogen-bond acceptors (Lipinski definition) is 2. The van der Waals surface area contributed by atoms with E-state index in [1.54, 1.807) is 11.9 Å². The summed E-state index contributed by atoms with van der Waals surface area (Å²) < 4.78 is 37.0. The Morgan fingerprint density at radius 2 is 1.62 bits per heavy atom. The summed E-state index contributed by atoms with van der Waals surface area (Å²) in [7, 11) is 1.71. The summed E-state index contributed by atoms with van der Waals surface area (Å²) >= 11 is 0. The van der Waals surface area contributed by atoms with E-state index in [1.807, 2.05) is 20.8 Å². The molecule has 1 aliphatic rings. The van der Waals surface area contributed by atoms with Gasteiger partial charge in [0.2, 0.25) is 5.91 Å². The van der Waals surface area contributed by atoms with Gasteiger partial charge in [-0.25, -0.2) is 0 Å². The lowest BCUT2D eigenvalue weighted by molar-refractivity contribution is -0.187. The molecule has 0 aliphatic carbocycles. The van der Waals surface area contributed by atoms with Gasteiger partial charge in [-0.05, 0) is 18.3 Å². The van der Waals surface area contributed by atoms with Crippen LogP contribution in [0, 0.1) is 11.3 Å². The molecule has 0 radical (unpaired) electrons. The molecule has 0 aromatic heterocycles. The topological polar surface area (TPSA) is 40.6 Å². The molecule has 0 bridgehead atoms. The van der Waals surface area contributed by atoms with E-state index in [1.165, 1.54) is 0 Å². The Labute approximate surface area is 123 Å². The second-order valence-electron chi connectivity index (χ2n) is 6.82. The van der Waals surface area contributed by atoms with Gasteiger partial charge in [-0.2, -0.15) is 13.2 Å². The fourth-order valence-corrected chi connectivity index (χ4v) is 2.61. The van der Waals surface area contributed by atoms with Crippen LogP contribution in [0.1, 0.15) is 33.6 Å². The maximum absolute atomic E-state index is 12.3. The van der Waals surface area contributed by atoms with Crippen LogP contribution in [-0.2, 0) is 9.59 Å². The Hall–Kier alpha value is -1.27. The SMILES string of the molecule is CN(CC(C)(C)C)C(=O)C1CCN(C(=O)C(F)(F)F)CC1. The minimum absolute atomic E-state index is 0.0158. The highest BCUT2D eigenvalue weighted by Gasteiger charge is 2.43. The standard InChI is InChI=1S/C14H23F3N2O2/c1-13(2,3)9-18(4)11(20)10-5-7-19(8-6-10)12(21)14(15,16)17/h10H,5-9H2,1-4H3. The minimum Gasteiger partial charge on any atom is -0.345 e. The van der Waals surface area contributed by atoms with Crippen molar-refractivity contribution in [3.63, 3.8) is 0 Å². The van der Waals surface area contributed by atoms with Crippen LogP contribution >= 0.6 is 0 Å². The lowest BCUT2D eigenvalue weighted by atomic mass is 9.92. The van der Waals surface area contributed by atoms with Crippen molar-refractivity contribution in [2.45, 2.75) is 39.8 Å². The first-order chi connectivity index (χ1) is 9.42. The minimum atomic E-state index is -4.83. The van der Waals surface area contributed by atoms with Gasteiger partial charge in [0.15, 0.2) is 0 Å². The molecule has 122 valence electrons. The molecule has 1 fully saturated rings. The molecular formula is C14H23F3N2O2. The van der Waals surface area contributed by atoms with Crippen LogP contribution in [0.5, 0.6) is 0 Å². The zero-order valence-electron chi connectivity index (χ0n) is 13.0. The summed E-state index contributed by atoms with van der Waals surface area (Å²) in [4.78, 5) is 25.8. The van der Waals surface area contributed by atoms with Crippen molar-refractivity contribution in [2.75, 3.05) is 26.7 Å². The van der Waals surface area contributed by atoms with Crippen molar-refractivity contribution in [3.05, 3.63) is 0 Å². The smallest absolute Gasteiger partial charge is 0.345 e. The van der Waals surface area contributed by atoms with E-state index < -0.39 is 12.1 Å². The lowest BCUT2D eigenvalue weighted by Crippen LogP contribution is -2.48. The van der Waals surface area contributed by atoms with E-state index >= 15 is 0 Å². The van der Waals surface area contributed by atoms with E-state index in [-0.39, 0.29) is 43.2 Å². The third kappa shape index (κ3) is 5.21. The average molecular weight is 308 g/mol. The summed E-state index contributed by atoms with van der Waals surface area (Å²) in [5.41, 5.74) is -0.0304. The highest BCUT2D eigenvalue weighted by atomic mass is 19.4. The van der Waals surface area contributed by atoms with Gasteiger partial charge < -0.3 is 9.80 Å². The summed E-state index contributed by atoms with van der Waals surface area (Å²) in [6.07, 6.45) is -4.26. The predicted molar refractivity (Wildman–Crippen MR) is 72.5 cm³/mol. The predicted octanol–water partition coefficient (Wildman–Crippen LogP) is 2.29. The molecular weight excluding hydrogens is 285 g/mol. The van der Waals surface area contributed by atoms with E-state index in [0.29, 0.717) is 6.54 Å². The average Bonchev–Trinajstić information content (AvgIpc) is 2.34. The molecule has 0 aromatic rings. The molecule has 1 rings (SSSR count). The number of carbonyl (C=O) groups excluding carboxylic acids is 2. The van der Waals surface area contributed by atoms with E-state index in [9.17, 15) is 22.8 Å². The van der Waals surface area contributed by atoms with Crippen LogP contribution in [0.25, 0.3) is 0 Å². The number of hydrogen-bond donors (Lipinski definition) is 0. The van der Waals surface area contributed by atoms with E-state index in [4.69, 9.17) is 0 Å². The van der Waals surface area contributed by atoms with Crippen molar-refractivity contribution in [1.82, 2.24) is 9.80 Å². The molecule has 0 unspecified atom stereocenters. The molecule has 4 nitrogen and oxygen atoms in total. The summed E-state index contributed by atoms with van der Waals surface area (Å²) in [5.74, 6) is -2.16. The first-order valence-corrected chi connectivity index (χ1v) is 7.03. The number of carbonyl (C=O) groups is 2. The van der Waals surface area contributed by atoms with Gasteiger partial charge in [0.25, 0.3) is 0 Å². The monoisotopic (exact) mass is 308 g/mol. The Morgan fingerprint density at radius 3 is 2.00 bits per heavy atom. The summed E-state index contributed by atoms with van der Waals surface area (Å²) in [5, 5.41) is 0. The van der Waals surface area contributed by atoms with Crippen molar-refractivity contribution < 1.29 is 22.8 Å². The Balaban J connectivity index is 2.53. The van der Waals surface area contributed by atoms with Gasteiger partial charge in [0, 0.05) is 32.6 Å². The van der Waals surface area contributed by atoms with Gasteiger partial charge in [-0.15, -0.1) is 0 Å². The molecule has 2 amide bonds. The fraction of sp³-hybridized carbons (Fsp3) is 0.857. The molecule has 0 atom stereocenters. The normalized spacial score (nSPS) is 17.8. The zero-order valence-corrected chi connectivity index (χ0v) is 13.0. The number of piperidine rings is 1. The van der Waals surface area contributed by atoms with Gasteiger partial charge in [0.05, 0.1) is 0 Å². The van der Waals surface area contributed by atoms with E-state index in [0.717, 1.165) is 4.90 Å². The number of likely N-dealkylation sites (tertiary alicyclic amines) is 1. The maximum atomic E-state index is 12.3. The number of alkyl halides is 3. The third-order valence-corrected chi connectivity index (χ3v) is 3.46. The largest absolute Gasteiger partial charge is 0.471 e. The first-order valence-electron chi connectivity index (χ1n) is 7.03. The van der Waals surface area contributed by atoms with Crippen molar-refractivity contribution in [1.29, 1.82) is 0 Å². The number of amides is 2. The Kier molecular flexibility index (Phi) is 5.28. The van der Waals surface area contributed by atoms with Crippen LogP contribution in [0.15, 0.2) is 0 Å². The molecule has 7 heteroatoms. The zero-order chi connectivity index (χ0) is 16.4. The Bertz CT molecular complexity index is 394. The molecule has 0 aromatic carbocycles. The van der Waals surface area contributed by atoms with Crippen LogP contribution in [0.2, 0.25) is 0 Å². The van der Waals surface area contributed by atoms with Crippen molar-refractivity contribution in [2.24, 2.45) is 11.3 Å². The third-order valence-electron chi connectivity index (χ3n) is 3.46. The molecule has 21 heavy (non-hydrogen) atoms. The van der Waals surface area contributed by atoms with Crippen molar-refractivity contribution >= 4 is 11.8 Å². The first kappa shape index (κ1) is 17.8. The molecule has 1 aliphatic heterocycles. The number of rotatable bonds is 2. The number of nitrogens with zero attached hydrogens (tertiary/aromatic N) is 2. The number of halogens is 3. The van der Waals surface area contributed by atoms with Crippen LogP contribution in [0.3, 0.4) is 0 Å². The Morgan fingerprint density at radius 1 is 1.14 bits per heavy atom. The highest BCUT2D eigenvalue weighted by molar-refractivity contribution is 5.83. The van der Waals surface area contributed by atoms with E-state index in [2.05, 4.69) is 0 Å². The van der Waals surface area contributed by atoms with Crippen molar-refractivity contribution in [3.8, 4) is 0 Å². The molecule has 0 N–H and O–H groups in total. The van der Waals surface area contributed by atoms with Gasteiger partial charge in [-0.1, -0.05) is 20.8 Å². The molecule has 1 heterocycles. The highest BCUT2D eigenvalue weighted by Crippen LogP contribution is 2.25. The summed E-state index contributed by atoms with van der Waals surface area (Å²) in [6, 6.07) is 0. The van der Waals surface area contributed by atoms with Crippen LogP contribution in [-0.4, -0.2) is 54.5 Å². The fourth-order valence-electron chi connectivity index (χ4n) is 2.61. The quantitative estimate of drug-likeness (QED) is 0.785. The summed E-state index contributed by atoms with van der Waals surface area (Å²) in [6.45, 7) is 6.61. The van der Waals surface area contributed by atoms with Crippen LogP contribution < -0.4 is 0 Å². The van der Waals surface area contributed by atoms with Gasteiger partial charge in [0.1, 0.15) is 0 Å². The second kappa shape index (κ2) is 6.23. The molecule has 0 saturated carbocycles. The molecule has 0 spiro atoms. The van der Waals surface area contributed by atoms with Gasteiger partial charge >= 0.3 is 12.1 Å². The maximum Gasteiger partial charge on any atom is 0.471 e. The molecule has 1 saturated heterocycles. The van der Waals surface area contributed by atoms with Gasteiger partial charge in [-0.3, -0.25) is 9.59 Å². The second-order valence-corrected chi connectivity index (χ2v) is 6.82. The van der Waals surface area contributed by atoms with Crippen LogP contribution in [0.4, 0.5) is 13.2 Å². The lowest BCUT2D eigenvalue weighted by Gasteiger charge is -2.35.